The first-order valence-electron chi connectivity index (χ1n) is 10.8. The third kappa shape index (κ3) is 4.11. The first-order valence-corrected chi connectivity index (χ1v) is 11.1. The van der Waals surface area contributed by atoms with Crippen molar-refractivity contribution in [2.24, 2.45) is 0 Å². The molecular formula is C24H25ClN4O3. The maximum absolute atomic E-state index is 11.6. The molecule has 3 aromatic rings. The van der Waals surface area contributed by atoms with Crippen molar-refractivity contribution in [3.63, 3.8) is 0 Å². The molecule has 2 aromatic carbocycles. The number of anilines is 2. The molecule has 0 saturated carbocycles. The Balaban J connectivity index is 1.25. The van der Waals surface area contributed by atoms with E-state index in [1.807, 2.05) is 25.1 Å². The highest BCUT2D eigenvalue weighted by atomic mass is 35.5. The molecule has 3 heterocycles. The number of ether oxygens (including phenoxy) is 1. The molecule has 5 rings (SSSR count). The number of hydrogen-bond donors (Lipinski definition) is 2. The predicted molar refractivity (Wildman–Crippen MR) is 126 cm³/mol. The van der Waals surface area contributed by atoms with Gasteiger partial charge in [-0.25, -0.2) is 0 Å². The number of carbonyl (C=O) groups is 1. The Labute approximate surface area is 191 Å². The molecule has 8 heteroatoms. The van der Waals surface area contributed by atoms with Gasteiger partial charge in [-0.1, -0.05) is 17.7 Å². The topological polar surface area (TPSA) is 77.9 Å². The summed E-state index contributed by atoms with van der Waals surface area (Å²) in [6.45, 7) is 5.91. The third-order valence-corrected chi connectivity index (χ3v) is 6.39. The van der Waals surface area contributed by atoms with Gasteiger partial charge in [-0.3, -0.25) is 14.7 Å². The Morgan fingerprint density at radius 3 is 2.78 bits per heavy atom. The zero-order valence-corrected chi connectivity index (χ0v) is 18.6. The average Bonchev–Trinajstić information content (AvgIpc) is 2.80. The van der Waals surface area contributed by atoms with E-state index in [4.69, 9.17) is 16.3 Å². The monoisotopic (exact) mass is 452 g/mol. The molecule has 1 unspecified atom stereocenters. The van der Waals surface area contributed by atoms with Crippen LogP contribution in [0, 0.1) is 6.92 Å². The Morgan fingerprint density at radius 2 is 1.97 bits per heavy atom. The Kier molecular flexibility index (Phi) is 5.63. The summed E-state index contributed by atoms with van der Waals surface area (Å²) >= 11 is 6.38. The Morgan fingerprint density at radius 1 is 1.16 bits per heavy atom. The van der Waals surface area contributed by atoms with Gasteiger partial charge in [-0.05, 0) is 48.9 Å². The van der Waals surface area contributed by atoms with Crippen molar-refractivity contribution in [3.8, 4) is 5.75 Å². The number of aryl methyl sites for hydroxylation is 1. The number of hydrogen-bond acceptors (Lipinski definition) is 6. The van der Waals surface area contributed by atoms with E-state index in [1.54, 1.807) is 12.1 Å². The lowest BCUT2D eigenvalue weighted by molar-refractivity contribution is -0.118. The quantitative estimate of drug-likeness (QED) is 0.632. The molecule has 32 heavy (non-hydrogen) atoms. The molecule has 1 fully saturated rings. The van der Waals surface area contributed by atoms with E-state index in [-0.39, 0.29) is 12.5 Å². The van der Waals surface area contributed by atoms with Crippen LogP contribution in [0.2, 0.25) is 5.02 Å². The summed E-state index contributed by atoms with van der Waals surface area (Å²) in [5.74, 6) is 0.453. The van der Waals surface area contributed by atoms with Crippen LogP contribution in [0.3, 0.4) is 0 Å². The van der Waals surface area contributed by atoms with Crippen LogP contribution in [0.5, 0.6) is 5.75 Å². The number of pyridine rings is 1. The Bertz CT molecular complexity index is 1180. The maximum atomic E-state index is 11.6. The molecular weight excluding hydrogens is 428 g/mol. The van der Waals surface area contributed by atoms with Crippen molar-refractivity contribution in [1.29, 1.82) is 0 Å². The van der Waals surface area contributed by atoms with Crippen LogP contribution < -0.4 is 15.0 Å². The van der Waals surface area contributed by atoms with Gasteiger partial charge in [-0.15, -0.1) is 0 Å². The maximum Gasteiger partial charge on any atom is 0.262 e. The number of aliphatic hydroxyl groups is 1. The fourth-order valence-corrected chi connectivity index (χ4v) is 4.58. The number of nitrogens with zero attached hydrogens (tertiary/aromatic N) is 3. The first kappa shape index (κ1) is 21.0. The fraction of sp³-hybridized carbons (Fsp3) is 0.333. The lowest BCUT2D eigenvalue weighted by Gasteiger charge is -2.37. The number of benzene rings is 2. The molecule has 2 aliphatic heterocycles. The van der Waals surface area contributed by atoms with Crippen LogP contribution >= 0.6 is 11.6 Å². The van der Waals surface area contributed by atoms with Crippen LogP contribution in [0.25, 0.3) is 10.9 Å². The molecule has 2 N–H and O–H groups in total. The van der Waals surface area contributed by atoms with E-state index in [0.717, 1.165) is 54.0 Å². The highest BCUT2D eigenvalue weighted by molar-refractivity contribution is 6.35. The number of piperazine rings is 1. The SMILES string of the molecule is Cc1ccc2c(N3CCN(CC(O)c4ccc5c(c4)NC(=O)CO5)CC3)ccc(Cl)c2n1. The Hall–Kier alpha value is -2.87. The van der Waals surface area contributed by atoms with E-state index >= 15 is 0 Å². The number of fused-ring (bicyclic) bond motifs is 2. The molecule has 1 saturated heterocycles. The van der Waals surface area contributed by atoms with Crippen molar-refractivity contribution in [2.45, 2.75) is 13.0 Å². The van der Waals surface area contributed by atoms with Gasteiger partial charge in [0.2, 0.25) is 0 Å². The number of rotatable bonds is 4. The van der Waals surface area contributed by atoms with Gasteiger partial charge < -0.3 is 20.1 Å². The summed E-state index contributed by atoms with van der Waals surface area (Å²) in [4.78, 5) is 20.8. The van der Waals surface area contributed by atoms with Gasteiger partial charge in [0.1, 0.15) is 5.75 Å². The van der Waals surface area contributed by atoms with Crippen LogP contribution in [0.15, 0.2) is 42.5 Å². The van der Waals surface area contributed by atoms with Crippen molar-refractivity contribution >= 4 is 39.8 Å². The highest BCUT2D eigenvalue weighted by Crippen LogP contribution is 2.33. The van der Waals surface area contributed by atoms with Crippen LogP contribution in [-0.4, -0.2) is 60.2 Å². The van der Waals surface area contributed by atoms with Gasteiger partial charge in [-0.2, -0.15) is 0 Å². The van der Waals surface area contributed by atoms with Crippen LogP contribution in [0.1, 0.15) is 17.4 Å². The number of nitrogens with one attached hydrogen (secondary N) is 1. The summed E-state index contributed by atoms with van der Waals surface area (Å²) in [5.41, 5.74) is 4.31. The smallest absolute Gasteiger partial charge is 0.262 e. The molecule has 1 aromatic heterocycles. The van der Waals surface area contributed by atoms with Crippen LogP contribution in [-0.2, 0) is 4.79 Å². The van der Waals surface area contributed by atoms with Gasteiger partial charge in [0.05, 0.1) is 22.3 Å². The molecule has 166 valence electrons. The summed E-state index contributed by atoms with van der Waals surface area (Å²) < 4.78 is 5.40. The molecule has 2 aliphatic rings. The largest absolute Gasteiger partial charge is 0.482 e. The lowest BCUT2D eigenvalue weighted by Crippen LogP contribution is -2.47. The van der Waals surface area contributed by atoms with Gasteiger partial charge in [0.25, 0.3) is 5.91 Å². The summed E-state index contributed by atoms with van der Waals surface area (Å²) in [7, 11) is 0. The van der Waals surface area contributed by atoms with Crippen molar-refractivity contribution < 1.29 is 14.6 Å². The molecule has 1 atom stereocenters. The van der Waals surface area contributed by atoms with Crippen LogP contribution in [0.4, 0.5) is 11.4 Å². The standard InChI is InChI=1S/C24H25ClN4O3/c1-15-2-4-17-20(6-5-18(25)24(17)26-15)29-10-8-28(9-11-29)13-21(30)16-3-7-22-19(12-16)27-23(31)14-32-22/h2-7,12,21,30H,8-11,13-14H2,1H3,(H,27,31). The van der Waals surface area contributed by atoms with Gasteiger partial charge >= 0.3 is 0 Å². The minimum Gasteiger partial charge on any atom is -0.482 e. The molecule has 0 bridgehead atoms. The number of carbonyl (C=O) groups excluding carboxylic acids is 1. The predicted octanol–water partition coefficient (Wildman–Crippen LogP) is 3.38. The minimum absolute atomic E-state index is 0.0255. The van der Waals surface area contributed by atoms with E-state index in [9.17, 15) is 9.90 Å². The number of aliphatic hydroxyl groups excluding tert-OH is 1. The zero-order valence-electron chi connectivity index (χ0n) is 17.8. The number of β-amino-alcohol motifs (C(OH)–C–C–N with tert-alkyl or cyclic N) is 1. The van der Waals surface area contributed by atoms with Gasteiger partial charge in [0.15, 0.2) is 6.61 Å². The zero-order chi connectivity index (χ0) is 22.2. The number of halogens is 1. The molecule has 0 aliphatic carbocycles. The van der Waals surface area contributed by atoms with Gasteiger partial charge in [0, 0.05) is 49.5 Å². The van der Waals surface area contributed by atoms with E-state index in [2.05, 4.69) is 32.2 Å². The van der Waals surface area contributed by atoms with E-state index in [1.165, 1.54) is 0 Å². The van der Waals surface area contributed by atoms with Crippen molar-refractivity contribution in [3.05, 3.63) is 58.7 Å². The second-order valence-electron chi connectivity index (χ2n) is 8.31. The molecule has 0 radical (unpaired) electrons. The summed E-state index contributed by atoms with van der Waals surface area (Å²) in [6.07, 6.45) is -0.644. The average molecular weight is 453 g/mol. The molecule has 0 spiro atoms. The second-order valence-corrected chi connectivity index (χ2v) is 8.72. The van der Waals surface area contributed by atoms with E-state index < -0.39 is 6.10 Å². The minimum atomic E-state index is -0.644. The van der Waals surface area contributed by atoms with E-state index in [0.29, 0.717) is 23.0 Å². The summed E-state index contributed by atoms with van der Waals surface area (Å²) in [6, 6.07) is 13.5. The second kappa shape index (κ2) is 8.58. The fourth-order valence-electron chi connectivity index (χ4n) is 4.37. The van der Waals surface area contributed by atoms with Crippen molar-refractivity contribution in [2.75, 3.05) is 49.5 Å². The lowest BCUT2D eigenvalue weighted by atomic mass is 10.1. The third-order valence-electron chi connectivity index (χ3n) is 6.09. The molecule has 1 amide bonds. The summed E-state index contributed by atoms with van der Waals surface area (Å²) in [5, 5.41) is 15.3. The number of aromatic nitrogens is 1. The highest BCUT2D eigenvalue weighted by Gasteiger charge is 2.23. The number of amides is 1. The molecule has 7 nitrogen and oxygen atoms in total. The normalized spacial score (nSPS) is 17.6. The van der Waals surface area contributed by atoms with Crippen molar-refractivity contribution in [1.82, 2.24) is 9.88 Å². The first-order chi connectivity index (χ1) is 15.5.